The van der Waals surface area contributed by atoms with Gasteiger partial charge in [-0.2, -0.15) is 0 Å². The van der Waals surface area contributed by atoms with Gasteiger partial charge in [-0.05, 0) is 13.3 Å². The second-order valence-corrected chi connectivity index (χ2v) is 3.33. The first-order valence-corrected chi connectivity index (χ1v) is 4.21. The Morgan fingerprint density at radius 1 is 1.73 bits per heavy atom. The summed E-state index contributed by atoms with van der Waals surface area (Å²) in [5.41, 5.74) is 0. The first kappa shape index (κ1) is 7.37. The molecule has 0 unspecified atom stereocenters. The lowest BCUT2D eigenvalue weighted by Gasteiger charge is -2.29. The van der Waals surface area contributed by atoms with E-state index in [-0.39, 0.29) is 18.0 Å². The highest BCUT2D eigenvalue weighted by atomic mass is 35.5. The van der Waals surface area contributed by atoms with Gasteiger partial charge in [0.25, 0.3) is 5.79 Å². The fourth-order valence-electron chi connectivity index (χ4n) is 1.46. The zero-order valence-electron chi connectivity index (χ0n) is 6.17. The van der Waals surface area contributed by atoms with Crippen LogP contribution in [0.3, 0.4) is 0 Å². The molecule has 3 nitrogen and oxygen atoms in total. The van der Waals surface area contributed by atoms with Gasteiger partial charge >= 0.3 is 5.97 Å². The van der Waals surface area contributed by atoms with E-state index in [0.717, 1.165) is 6.42 Å². The monoisotopic (exact) mass is 176 g/mol. The van der Waals surface area contributed by atoms with E-state index in [1.54, 1.807) is 0 Å². The molecule has 3 atom stereocenters. The maximum absolute atomic E-state index is 10.7. The molecule has 1 spiro atoms. The Kier molecular flexibility index (Phi) is 1.41. The van der Waals surface area contributed by atoms with Crippen LogP contribution < -0.4 is 0 Å². The fraction of sp³-hybridized carbons (Fsp3) is 0.857. The molecule has 0 bridgehead atoms. The Labute approximate surface area is 69.6 Å². The number of epoxide rings is 1. The minimum absolute atomic E-state index is 0.0488. The molecule has 2 aliphatic rings. The molecule has 2 saturated heterocycles. The van der Waals surface area contributed by atoms with E-state index in [0.29, 0.717) is 5.88 Å². The van der Waals surface area contributed by atoms with Crippen molar-refractivity contribution in [3.63, 3.8) is 0 Å². The third-order valence-electron chi connectivity index (χ3n) is 2.31. The van der Waals surface area contributed by atoms with Crippen LogP contribution in [0.1, 0.15) is 13.3 Å². The normalized spacial score (nSPS) is 46.9. The Bertz CT molecular complexity index is 206. The van der Waals surface area contributed by atoms with Crippen LogP contribution in [-0.4, -0.2) is 23.7 Å². The first-order chi connectivity index (χ1) is 5.20. The van der Waals surface area contributed by atoms with Crippen LogP contribution in [0.4, 0.5) is 0 Å². The summed E-state index contributed by atoms with van der Waals surface area (Å²) in [4.78, 5) is 10.7. The zero-order chi connectivity index (χ0) is 8.06. The third kappa shape index (κ3) is 0.811. The predicted molar refractivity (Wildman–Crippen MR) is 38.2 cm³/mol. The van der Waals surface area contributed by atoms with Crippen LogP contribution >= 0.6 is 11.6 Å². The maximum atomic E-state index is 10.7. The van der Waals surface area contributed by atoms with E-state index in [2.05, 4.69) is 0 Å². The SMILES string of the molecule is C[C@H]1C(=O)O[C@@]12O[C@@H]2CCCl. The molecule has 0 aromatic carbocycles. The molecule has 0 amide bonds. The van der Waals surface area contributed by atoms with Crippen LogP contribution in [0.15, 0.2) is 0 Å². The van der Waals surface area contributed by atoms with Crippen LogP contribution in [-0.2, 0) is 14.3 Å². The molecule has 0 aliphatic carbocycles. The van der Waals surface area contributed by atoms with Gasteiger partial charge in [0.1, 0.15) is 12.0 Å². The van der Waals surface area contributed by atoms with Crippen molar-refractivity contribution < 1.29 is 14.3 Å². The molecule has 11 heavy (non-hydrogen) atoms. The summed E-state index contributed by atoms with van der Waals surface area (Å²) in [6.07, 6.45) is 0.812. The second-order valence-electron chi connectivity index (χ2n) is 2.95. The zero-order valence-corrected chi connectivity index (χ0v) is 6.93. The molecule has 2 fully saturated rings. The molecule has 62 valence electrons. The second kappa shape index (κ2) is 2.11. The van der Waals surface area contributed by atoms with Crippen molar-refractivity contribution in [2.75, 3.05) is 5.88 Å². The summed E-state index contributed by atoms with van der Waals surface area (Å²) in [5.74, 6) is -0.277. The Morgan fingerprint density at radius 3 is 2.91 bits per heavy atom. The Morgan fingerprint density at radius 2 is 2.45 bits per heavy atom. The molecular formula is C7H9ClO3. The van der Waals surface area contributed by atoms with E-state index >= 15 is 0 Å². The number of alkyl halides is 1. The molecular weight excluding hydrogens is 168 g/mol. The smallest absolute Gasteiger partial charge is 0.318 e. The summed E-state index contributed by atoms with van der Waals surface area (Å²) in [7, 11) is 0. The molecule has 2 rings (SSSR count). The van der Waals surface area contributed by atoms with Crippen LogP contribution in [0, 0.1) is 5.92 Å². The highest BCUT2D eigenvalue weighted by Gasteiger charge is 2.72. The quantitative estimate of drug-likeness (QED) is 0.357. The van der Waals surface area contributed by atoms with Crippen LogP contribution in [0.25, 0.3) is 0 Å². The molecule has 2 heterocycles. The molecule has 0 saturated carbocycles. The van der Waals surface area contributed by atoms with Crippen molar-refractivity contribution >= 4 is 17.6 Å². The number of esters is 1. The number of hydrogen-bond acceptors (Lipinski definition) is 3. The van der Waals surface area contributed by atoms with Gasteiger partial charge in [-0.1, -0.05) is 0 Å². The minimum atomic E-state index is -0.564. The predicted octanol–water partition coefficient (Wildman–Crippen LogP) is 0.903. The molecule has 4 heteroatoms. The molecule has 2 aliphatic heterocycles. The highest BCUT2D eigenvalue weighted by molar-refractivity contribution is 6.17. The molecule has 0 aromatic rings. The van der Waals surface area contributed by atoms with Crippen molar-refractivity contribution in [2.24, 2.45) is 5.92 Å². The van der Waals surface area contributed by atoms with Gasteiger partial charge in [0.05, 0.1) is 0 Å². The first-order valence-electron chi connectivity index (χ1n) is 3.67. The lowest BCUT2D eigenvalue weighted by atomic mass is 9.95. The number of carbonyl (C=O) groups is 1. The summed E-state index contributed by atoms with van der Waals surface area (Å²) in [5, 5.41) is 0. The number of ether oxygens (including phenoxy) is 2. The molecule has 0 radical (unpaired) electrons. The minimum Gasteiger partial charge on any atom is -0.429 e. The van der Waals surface area contributed by atoms with Gasteiger partial charge in [-0.3, -0.25) is 4.79 Å². The Hall–Kier alpha value is -0.280. The largest absolute Gasteiger partial charge is 0.429 e. The topological polar surface area (TPSA) is 38.8 Å². The van der Waals surface area contributed by atoms with Gasteiger partial charge in [-0.15, -0.1) is 11.6 Å². The van der Waals surface area contributed by atoms with E-state index in [4.69, 9.17) is 21.1 Å². The van der Waals surface area contributed by atoms with Gasteiger partial charge in [0.2, 0.25) is 0 Å². The number of rotatable bonds is 2. The average Bonchev–Trinajstić information content (AvgIpc) is 2.67. The number of hydrogen-bond donors (Lipinski definition) is 0. The van der Waals surface area contributed by atoms with Crippen molar-refractivity contribution in [2.45, 2.75) is 25.2 Å². The summed E-state index contributed by atoms with van der Waals surface area (Å²) in [6, 6.07) is 0. The lowest BCUT2D eigenvalue weighted by Crippen LogP contribution is -2.48. The van der Waals surface area contributed by atoms with Crippen molar-refractivity contribution in [3.05, 3.63) is 0 Å². The average molecular weight is 177 g/mol. The summed E-state index contributed by atoms with van der Waals surface area (Å²) in [6.45, 7) is 1.82. The van der Waals surface area contributed by atoms with Crippen molar-refractivity contribution in [1.29, 1.82) is 0 Å². The van der Waals surface area contributed by atoms with Gasteiger partial charge in [0.15, 0.2) is 0 Å². The van der Waals surface area contributed by atoms with Gasteiger partial charge < -0.3 is 9.47 Å². The third-order valence-corrected chi connectivity index (χ3v) is 2.52. The van der Waals surface area contributed by atoms with Crippen molar-refractivity contribution in [3.8, 4) is 0 Å². The highest BCUT2D eigenvalue weighted by Crippen LogP contribution is 2.53. The number of carbonyl (C=O) groups excluding carboxylic acids is 1. The van der Waals surface area contributed by atoms with E-state index in [1.165, 1.54) is 0 Å². The van der Waals surface area contributed by atoms with Crippen LogP contribution in [0.5, 0.6) is 0 Å². The van der Waals surface area contributed by atoms with E-state index in [1.807, 2.05) is 6.92 Å². The van der Waals surface area contributed by atoms with Crippen molar-refractivity contribution in [1.82, 2.24) is 0 Å². The van der Waals surface area contributed by atoms with Gasteiger partial charge in [-0.25, -0.2) is 0 Å². The standard InChI is InChI=1S/C7H9ClO3/c1-4-6(9)11-7(4)5(10-7)2-3-8/h4-5H,2-3H2,1H3/t4-,5+,7-/m0/s1. The Balaban J connectivity index is 1.93. The van der Waals surface area contributed by atoms with E-state index in [9.17, 15) is 4.79 Å². The van der Waals surface area contributed by atoms with E-state index < -0.39 is 5.79 Å². The fourth-order valence-corrected chi connectivity index (χ4v) is 1.66. The van der Waals surface area contributed by atoms with Crippen LogP contribution in [0.2, 0.25) is 0 Å². The maximum Gasteiger partial charge on any atom is 0.318 e. The summed E-state index contributed by atoms with van der Waals surface area (Å²) < 4.78 is 10.1. The summed E-state index contributed by atoms with van der Waals surface area (Å²) >= 11 is 5.51. The lowest BCUT2D eigenvalue weighted by molar-refractivity contribution is -0.207. The number of halogens is 1. The van der Waals surface area contributed by atoms with Gasteiger partial charge in [0, 0.05) is 5.88 Å². The molecule has 0 aromatic heterocycles. The molecule has 0 N–H and O–H groups in total.